The van der Waals surface area contributed by atoms with E-state index in [2.05, 4.69) is 93.6 Å². The molecule has 1 nitrogen and oxygen atoms in total. The minimum atomic E-state index is 0.944. The van der Waals surface area contributed by atoms with Crippen LogP contribution in [0.25, 0.3) is 33.4 Å². The summed E-state index contributed by atoms with van der Waals surface area (Å²) in [4.78, 5) is 0. The van der Waals surface area contributed by atoms with Crippen molar-refractivity contribution in [3.8, 4) is 33.4 Å². The standard InChI is InChI=1S/C29H25N/c1-18-14-15-23(20(3)19(18)2)26-12-6-9-22(17-30)29(26)27-13-7-11-25-24-10-5-4-8-21(24)16-28(25)27/h4-15,17,30H,16H2,1-3H3. The fraction of sp³-hybridized carbons (Fsp3) is 0.138. The summed E-state index contributed by atoms with van der Waals surface area (Å²) in [6.07, 6.45) is 2.44. The third-order valence-corrected chi connectivity index (χ3v) is 6.72. The van der Waals surface area contributed by atoms with Gasteiger partial charge in [-0.05, 0) is 88.4 Å². The van der Waals surface area contributed by atoms with E-state index in [1.54, 1.807) is 0 Å². The lowest BCUT2D eigenvalue weighted by molar-refractivity contribution is 1.26. The van der Waals surface area contributed by atoms with Gasteiger partial charge in [0.1, 0.15) is 0 Å². The van der Waals surface area contributed by atoms with Crippen LogP contribution in [0, 0.1) is 26.2 Å². The van der Waals surface area contributed by atoms with Crippen LogP contribution < -0.4 is 0 Å². The summed E-state index contributed by atoms with van der Waals surface area (Å²) in [5.41, 5.74) is 15.2. The topological polar surface area (TPSA) is 23.9 Å². The van der Waals surface area contributed by atoms with Gasteiger partial charge >= 0.3 is 0 Å². The molecule has 1 heteroatoms. The van der Waals surface area contributed by atoms with Gasteiger partial charge in [0.15, 0.2) is 0 Å². The molecule has 0 bridgehead atoms. The van der Waals surface area contributed by atoms with Crippen molar-refractivity contribution in [1.82, 2.24) is 0 Å². The van der Waals surface area contributed by atoms with Gasteiger partial charge in [-0.25, -0.2) is 0 Å². The Balaban J connectivity index is 1.81. The lowest BCUT2D eigenvalue weighted by Gasteiger charge is -2.19. The molecule has 4 aromatic rings. The molecule has 0 radical (unpaired) electrons. The van der Waals surface area contributed by atoms with Crippen molar-refractivity contribution < 1.29 is 0 Å². The predicted octanol–water partition coefficient (Wildman–Crippen LogP) is 7.51. The number of hydrogen-bond donors (Lipinski definition) is 1. The van der Waals surface area contributed by atoms with Crippen LogP contribution in [-0.2, 0) is 6.42 Å². The van der Waals surface area contributed by atoms with Crippen LogP contribution in [0.15, 0.2) is 72.8 Å². The van der Waals surface area contributed by atoms with Crippen molar-refractivity contribution in [2.24, 2.45) is 0 Å². The largest absolute Gasteiger partial charge is 0.308 e. The molecule has 146 valence electrons. The quantitative estimate of drug-likeness (QED) is 0.310. The van der Waals surface area contributed by atoms with Crippen molar-refractivity contribution in [2.75, 3.05) is 0 Å². The summed E-state index contributed by atoms with van der Waals surface area (Å²) in [5.74, 6) is 0. The molecule has 0 atom stereocenters. The van der Waals surface area contributed by atoms with Crippen LogP contribution in [0.4, 0.5) is 0 Å². The Hall–Kier alpha value is -3.45. The zero-order chi connectivity index (χ0) is 20.8. The Morgan fingerprint density at radius 3 is 2.17 bits per heavy atom. The van der Waals surface area contributed by atoms with Gasteiger partial charge in [-0.2, -0.15) is 0 Å². The Morgan fingerprint density at radius 1 is 0.633 bits per heavy atom. The number of benzene rings is 4. The molecule has 0 aliphatic heterocycles. The second-order valence-electron chi connectivity index (χ2n) is 8.26. The van der Waals surface area contributed by atoms with Gasteiger partial charge in [0, 0.05) is 11.8 Å². The second kappa shape index (κ2) is 7.11. The molecule has 30 heavy (non-hydrogen) atoms. The van der Waals surface area contributed by atoms with Crippen molar-refractivity contribution in [3.05, 3.63) is 106 Å². The molecule has 1 aliphatic rings. The van der Waals surface area contributed by atoms with Crippen LogP contribution in [0.2, 0.25) is 0 Å². The van der Waals surface area contributed by atoms with Gasteiger partial charge in [-0.3, -0.25) is 0 Å². The lowest BCUT2D eigenvalue weighted by atomic mass is 9.84. The summed E-state index contributed by atoms with van der Waals surface area (Å²) < 4.78 is 0. The Bertz CT molecular complexity index is 1310. The number of nitrogens with one attached hydrogen (secondary N) is 1. The Labute approximate surface area is 178 Å². The molecule has 0 fully saturated rings. The number of hydrogen-bond acceptors (Lipinski definition) is 1. The van der Waals surface area contributed by atoms with E-state index in [0.29, 0.717) is 0 Å². The fourth-order valence-corrected chi connectivity index (χ4v) is 4.85. The van der Waals surface area contributed by atoms with E-state index in [0.717, 1.165) is 12.0 Å². The van der Waals surface area contributed by atoms with E-state index in [4.69, 9.17) is 5.41 Å². The number of rotatable bonds is 3. The minimum Gasteiger partial charge on any atom is -0.308 e. The maximum Gasteiger partial charge on any atom is 0.0256 e. The maximum atomic E-state index is 8.12. The van der Waals surface area contributed by atoms with Crippen molar-refractivity contribution in [3.63, 3.8) is 0 Å². The highest BCUT2D eigenvalue weighted by atomic mass is 14.3. The SMILES string of the molecule is Cc1ccc(-c2cccc(C=N)c2-c2cccc3c2Cc2ccccc2-3)c(C)c1C. The molecule has 0 unspecified atom stereocenters. The molecule has 0 amide bonds. The van der Waals surface area contributed by atoms with E-state index in [-0.39, 0.29) is 0 Å². The molecule has 0 heterocycles. The van der Waals surface area contributed by atoms with Gasteiger partial charge in [0.2, 0.25) is 0 Å². The van der Waals surface area contributed by atoms with Crippen molar-refractivity contribution >= 4 is 6.21 Å². The van der Waals surface area contributed by atoms with Gasteiger partial charge in [0.25, 0.3) is 0 Å². The smallest absolute Gasteiger partial charge is 0.0256 e. The molecular weight excluding hydrogens is 362 g/mol. The average Bonchev–Trinajstić information content (AvgIpc) is 3.16. The lowest BCUT2D eigenvalue weighted by Crippen LogP contribution is -1.98. The average molecular weight is 388 g/mol. The van der Waals surface area contributed by atoms with Crippen LogP contribution >= 0.6 is 0 Å². The summed E-state index contributed by atoms with van der Waals surface area (Å²) in [6.45, 7) is 6.58. The highest BCUT2D eigenvalue weighted by Gasteiger charge is 2.24. The third-order valence-electron chi connectivity index (χ3n) is 6.72. The van der Waals surface area contributed by atoms with E-state index in [9.17, 15) is 0 Å². The van der Waals surface area contributed by atoms with Crippen molar-refractivity contribution in [1.29, 1.82) is 5.41 Å². The van der Waals surface area contributed by atoms with Crippen LogP contribution in [0.3, 0.4) is 0 Å². The molecular formula is C29H25N. The molecule has 0 saturated carbocycles. The van der Waals surface area contributed by atoms with Crippen LogP contribution in [0.1, 0.15) is 33.4 Å². The molecule has 1 N–H and O–H groups in total. The second-order valence-corrected chi connectivity index (χ2v) is 8.26. The van der Waals surface area contributed by atoms with E-state index < -0.39 is 0 Å². The van der Waals surface area contributed by atoms with Crippen LogP contribution in [-0.4, -0.2) is 6.21 Å². The van der Waals surface area contributed by atoms with Crippen molar-refractivity contribution in [2.45, 2.75) is 27.2 Å². The highest BCUT2D eigenvalue weighted by molar-refractivity contribution is 6.00. The van der Waals surface area contributed by atoms with Gasteiger partial charge in [0.05, 0.1) is 0 Å². The zero-order valence-corrected chi connectivity index (χ0v) is 17.7. The third kappa shape index (κ3) is 2.74. The zero-order valence-electron chi connectivity index (χ0n) is 17.7. The monoisotopic (exact) mass is 387 g/mol. The highest BCUT2D eigenvalue weighted by Crippen LogP contribution is 2.45. The Kier molecular flexibility index (Phi) is 4.40. The van der Waals surface area contributed by atoms with Gasteiger partial charge < -0.3 is 5.41 Å². The summed E-state index contributed by atoms with van der Waals surface area (Å²) in [5, 5.41) is 8.12. The first kappa shape index (κ1) is 18.6. The number of fused-ring (bicyclic) bond motifs is 3. The molecule has 4 aromatic carbocycles. The van der Waals surface area contributed by atoms with Gasteiger partial charge in [-0.1, -0.05) is 72.8 Å². The van der Waals surface area contributed by atoms with E-state index in [1.165, 1.54) is 67.4 Å². The predicted molar refractivity (Wildman–Crippen MR) is 128 cm³/mol. The summed E-state index contributed by atoms with van der Waals surface area (Å²) >= 11 is 0. The van der Waals surface area contributed by atoms with Gasteiger partial charge in [-0.15, -0.1) is 0 Å². The summed E-state index contributed by atoms with van der Waals surface area (Å²) in [6, 6.07) is 26.1. The first-order valence-electron chi connectivity index (χ1n) is 10.5. The first-order valence-corrected chi connectivity index (χ1v) is 10.5. The number of aryl methyl sites for hydroxylation is 1. The molecule has 5 rings (SSSR count). The Morgan fingerprint density at radius 2 is 1.33 bits per heavy atom. The molecule has 1 aliphatic carbocycles. The molecule has 0 aromatic heterocycles. The van der Waals surface area contributed by atoms with Crippen LogP contribution in [0.5, 0.6) is 0 Å². The fourth-order valence-electron chi connectivity index (χ4n) is 4.85. The summed E-state index contributed by atoms with van der Waals surface area (Å²) in [7, 11) is 0. The minimum absolute atomic E-state index is 0.944. The first-order chi connectivity index (χ1) is 14.6. The molecule has 0 saturated heterocycles. The van der Waals surface area contributed by atoms with E-state index >= 15 is 0 Å². The maximum absolute atomic E-state index is 8.12. The molecule has 0 spiro atoms. The normalized spacial score (nSPS) is 11.8. The van der Waals surface area contributed by atoms with E-state index in [1.807, 2.05) is 0 Å².